The molecule has 0 heteroatoms. The third-order valence-electron chi connectivity index (χ3n) is 14.4. The second-order valence-corrected chi connectivity index (χ2v) is 12.2. The van der Waals surface area contributed by atoms with E-state index in [2.05, 4.69) is 6.92 Å². The predicted molar refractivity (Wildman–Crippen MR) is 74.6 cm³/mol. The van der Waals surface area contributed by atoms with E-state index < -0.39 is 0 Å². The van der Waals surface area contributed by atoms with Crippen LogP contribution in [0.3, 0.4) is 0 Å². The molecule has 4 bridgehead atoms. The highest BCUT2D eigenvalue weighted by Gasteiger charge is 3.10. The van der Waals surface area contributed by atoms with Crippen molar-refractivity contribution in [1.29, 1.82) is 0 Å². The van der Waals surface area contributed by atoms with Crippen molar-refractivity contribution < 1.29 is 0 Å². The predicted octanol–water partition coefficient (Wildman–Crippen LogP) is 3.14. The van der Waals surface area contributed by atoms with Crippen molar-refractivity contribution in [2.75, 3.05) is 0 Å². The number of rotatable bonds is 0. The second-order valence-electron chi connectivity index (χ2n) is 12.2. The lowest BCUT2D eigenvalue weighted by Gasteiger charge is -2.55. The van der Waals surface area contributed by atoms with Crippen molar-refractivity contribution in [3.05, 3.63) is 0 Å². The van der Waals surface area contributed by atoms with Crippen LogP contribution in [0.15, 0.2) is 0 Å². The summed E-state index contributed by atoms with van der Waals surface area (Å²) in [5.41, 5.74) is 2.87. The molecule has 12 saturated carbocycles. The van der Waals surface area contributed by atoms with Gasteiger partial charge in [0.2, 0.25) is 0 Å². The van der Waals surface area contributed by atoms with E-state index in [-0.39, 0.29) is 0 Å². The molecule has 0 heterocycles. The van der Waals surface area contributed by atoms with Gasteiger partial charge in [-0.1, -0.05) is 6.92 Å². The Morgan fingerprint density at radius 3 is 1.67 bits per heavy atom. The molecular weight excluding hydrogens is 252 g/mol. The molecule has 0 radical (unpaired) electrons. The first-order valence-electron chi connectivity index (χ1n) is 10.3. The van der Waals surface area contributed by atoms with E-state index in [9.17, 15) is 0 Å². The Bertz CT molecular complexity index is 721. The molecule has 0 aromatic heterocycles. The Kier molecular flexibility index (Phi) is 0.711. The van der Waals surface area contributed by atoms with Gasteiger partial charge in [-0.3, -0.25) is 0 Å². The van der Waals surface area contributed by atoms with Crippen LogP contribution in [0.1, 0.15) is 19.8 Å². The first kappa shape index (κ1) is 8.74. The van der Waals surface area contributed by atoms with Crippen molar-refractivity contribution in [2.45, 2.75) is 19.8 Å². The van der Waals surface area contributed by atoms with Gasteiger partial charge in [-0.15, -0.1) is 0 Å². The largest absolute Gasteiger partial charge is 0.0585 e. The van der Waals surface area contributed by atoms with Crippen LogP contribution in [0.4, 0.5) is 0 Å². The zero-order chi connectivity index (χ0) is 12.6. The summed E-state index contributed by atoms with van der Waals surface area (Å²) in [5, 5.41) is 0. The van der Waals surface area contributed by atoms with Gasteiger partial charge in [-0.05, 0) is 118 Å². The molecule has 18 atom stereocenters. The fourth-order valence-corrected chi connectivity index (χ4v) is 16.8. The molecule has 0 aromatic rings. The standard InChI is InChI=1S/C21H22/c1-19-16-10-6-2-4-8(10)12-14(16)15-13-9-5-3-7(11(9)17(15)19)21(6,19)20(4,5)18(12)13/h4-18H,2-3H2,1H3/t4-,5+,6-,7+,8+,9-,10-,11-,12+,13-,14+,15+,16+,17+,18?,19?,20?,21?/m1/s1. The summed E-state index contributed by atoms with van der Waals surface area (Å²) in [4.78, 5) is 0. The van der Waals surface area contributed by atoms with Crippen molar-refractivity contribution in [1.82, 2.24) is 0 Å². The van der Waals surface area contributed by atoms with Crippen LogP contribution in [0.25, 0.3) is 0 Å². The SMILES string of the molecule is CC12[C@H]3[C@H]4[C@H]5[C@@H]6C7[C@H]8[C@@H]([C@H]63)[C@@H]1[C@H]1[C@H]8[C@@H]3C[C@@H]1C21[C@@H]4C[C@H]5C731. The van der Waals surface area contributed by atoms with Crippen molar-refractivity contribution in [3.63, 3.8) is 0 Å². The van der Waals surface area contributed by atoms with E-state index in [0.717, 1.165) is 16.2 Å². The van der Waals surface area contributed by atoms with Crippen molar-refractivity contribution >= 4 is 0 Å². The Balaban J connectivity index is 1.58. The highest BCUT2D eigenvalue weighted by Crippen LogP contribution is 3.13. The van der Waals surface area contributed by atoms with Gasteiger partial charge in [0.05, 0.1) is 0 Å². The van der Waals surface area contributed by atoms with Gasteiger partial charge in [0, 0.05) is 0 Å². The number of hydrogen-bond donors (Lipinski definition) is 0. The normalized spacial score (nSPS) is 107. The van der Waals surface area contributed by atoms with E-state index in [4.69, 9.17) is 0 Å². The minimum atomic E-state index is 0.898. The molecule has 4 unspecified atom stereocenters. The third-order valence-corrected chi connectivity index (χ3v) is 14.4. The van der Waals surface area contributed by atoms with Crippen LogP contribution in [0.2, 0.25) is 0 Å². The topological polar surface area (TPSA) is 0 Å². The molecule has 12 rings (SSSR count). The van der Waals surface area contributed by atoms with Gasteiger partial charge in [-0.25, -0.2) is 0 Å². The molecule has 12 aliphatic rings. The molecule has 0 aliphatic heterocycles. The van der Waals surface area contributed by atoms with E-state index >= 15 is 0 Å². The van der Waals surface area contributed by atoms with Gasteiger partial charge < -0.3 is 0 Å². The number of hydrogen-bond acceptors (Lipinski definition) is 0. The lowest BCUT2D eigenvalue weighted by molar-refractivity contribution is -0.0913. The molecule has 0 aromatic carbocycles. The Labute approximate surface area is 125 Å². The van der Waals surface area contributed by atoms with Crippen LogP contribution >= 0.6 is 0 Å². The van der Waals surface area contributed by atoms with Gasteiger partial charge >= 0.3 is 0 Å². The van der Waals surface area contributed by atoms with E-state index in [1.54, 1.807) is 12.8 Å². The average molecular weight is 274 g/mol. The maximum atomic E-state index is 2.94. The Morgan fingerprint density at radius 2 is 1.10 bits per heavy atom. The third kappa shape index (κ3) is 0.350. The molecule has 0 amide bonds. The van der Waals surface area contributed by atoms with Gasteiger partial charge in [0.25, 0.3) is 0 Å². The van der Waals surface area contributed by atoms with Crippen LogP contribution in [0, 0.1) is 105 Å². The van der Waals surface area contributed by atoms with Crippen LogP contribution in [0.5, 0.6) is 0 Å². The quantitative estimate of drug-likeness (QED) is 0.636. The molecule has 106 valence electrons. The Hall–Kier alpha value is 0. The smallest absolute Gasteiger partial charge is 0.0111 e. The minimum Gasteiger partial charge on any atom is -0.0585 e. The summed E-state index contributed by atoms with van der Waals surface area (Å²) < 4.78 is 0. The highest BCUT2D eigenvalue weighted by molar-refractivity contribution is 5.56. The highest BCUT2D eigenvalue weighted by atomic mass is 15.1. The van der Waals surface area contributed by atoms with Crippen LogP contribution in [-0.2, 0) is 0 Å². The molecule has 21 heavy (non-hydrogen) atoms. The van der Waals surface area contributed by atoms with Crippen molar-refractivity contribution in [2.24, 2.45) is 105 Å². The van der Waals surface area contributed by atoms with Crippen LogP contribution < -0.4 is 0 Å². The molecule has 12 aliphatic carbocycles. The summed E-state index contributed by atoms with van der Waals surface area (Å²) >= 11 is 0. The average Bonchev–Trinajstić information content (AvgIpc) is 3.11. The molecular formula is C21H22. The van der Waals surface area contributed by atoms with Gasteiger partial charge in [0.1, 0.15) is 0 Å². The molecule has 0 nitrogen and oxygen atoms in total. The summed E-state index contributed by atoms with van der Waals surface area (Å²) in [6.07, 6.45) is 3.52. The van der Waals surface area contributed by atoms with Crippen LogP contribution in [-0.4, -0.2) is 0 Å². The fraction of sp³-hybridized carbons (Fsp3) is 1.00. The second kappa shape index (κ2) is 1.71. The van der Waals surface area contributed by atoms with Gasteiger partial charge in [0.15, 0.2) is 0 Å². The van der Waals surface area contributed by atoms with Crippen molar-refractivity contribution in [3.8, 4) is 0 Å². The lowest BCUT2D eigenvalue weighted by atomic mass is 9.49. The lowest BCUT2D eigenvalue weighted by Crippen LogP contribution is -2.52. The molecule has 0 saturated heterocycles. The first-order valence-corrected chi connectivity index (χ1v) is 10.3. The van der Waals surface area contributed by atoms with E-state index in [1.807, 2.05) is 0 Å². The monoisotopic (exact) mass is 274 g/mol. The van der Waals surface area contributed by atoms with E-state index in [1.165, 1.54) is 88.8 Å². The Morgan fingerprint density at radius 1 is 0.571 bits per heavy atom. The summed E-state index contributed by atoms with van der Waals surface area (Å²) in [5.74, 6) is 19.4. The zero-order valence-electron chi connectivity index (χ0n) is 12.6. The maximum absolute atomic E-state index is 2.94. The summed E-state index contributed by atoms with van der Waals surface area (Å²) in [6, 6.07) is 0. The molecule has 2 spiro atoms. The fourth-order valence-electron chi connectivity index (χ4n) is 16.8. The van der Waals surface area contributed by atoms with Gasteiger partial charge in [-0.2, -0.15) is 0 Å². The zero-order valence-corrected chi connectivity index (χ0v) is 12.6. The molecule has 12 fully saturated rings. The molecule has 0 N–H and O–H groups in total. The maximum Gasteiger partial charge on any atom is -0.0111 e. The summed E-state index contributed by atoms with van der Waals surface area (Å²) in [6.45, 7) is 2.94. The minimum absolute atomic E-state index is 0.898. The van der Waals surface area contributed by atoms with E-state index in [0.29, 0.717) is 0 Å². The first-order chi connectivity index (χ1) is 10.3. The summed E-state index contributed by atoms with van der Waals surface area (Å²) in [7, 11) is 0.